The molecule has 0 aromatic heterocycles. The number of carbonyl (C=O) groups is 1. The molecule has 4 heteroatoms. The molecule has 0 fully saturated rings. The average molecular weight is 216 g/mol. The van der Waals surface area contributed by atoms with Gasteiger partial charge in [-0.3, -0.25) is 4.79 Å². The van der Waals surface area contributed by atoms with Crippen molar-refractivity contribution < 1.29 is 4.79 Å². The highest BCUT2D eigenvalue weighted by molar-refractivity contribution is 7.98. The molecule has 0 rings (SSSR count). The lowest BCUT2D eigenvalue weighted by Gasteiger charge is -2.10. The Morgan fingerprint density at radius 1 is 1.64 bits per heavy atom. The van der Waals surface area contributed by atoms with Crippen LogP contribution in [0.5, 0.6) is 0 Å². The van der Waals surface area contributed by atoms with Gasteiger partial charge >= 0.3 is 0 Å². The lowest BCUT2D eigenvalue weighted by Crippen LogP contribution is -2.41. The molecule has 0 unspecified atom stereocenters. The summed E-state index contributed by atoms with van der Waals surface area (Å²) in [6.45, 7) is 2.64. The second-order valence-electron chi connectivity index (χ2n) is 3.04. The van der Waals surface area contributed by atoms with Gasteiger partial charge in [-0.2, -0.15) is 11.8 Å². The number of carbonyl (C=O) groups excluding carboxylic acids is 1. The molecular formula is C10H20N2OS. The van der Waals surface area contributed by atoms with Crippen LogP contribution in [0.4, 0.5) is 0 Å². The normalized spacial score (nSPS) is 13.1. The number of nitrogens with two attached hydrogens (primary N) is 1. The number of thioether (sulfide) groups is 1. The van der Waals surface area contributed by atoms with Gasteiger partial charge < -0.3 is 11.1 Å². The summed E-state index contributed by atoms with van der Waals surface area (Å²) < 4.78 is 0. The number of hydrogen-bond donors (Lipinski definition) is 2. The van der Waals surface area contributed by atoms with E-state index in [2.05, 4.69) is 5.32 Å². The number of rotatable bonds is 7. The van der Waals surface area contributed by atoms with Crippen molar-refractivity contribution in [2.45, 2.75) is 25.8 Å². The maximum atomic E-state index is 11.3. The minimum Gasteiger partial charge on any atom is -0.354 e. The van der Waals surface area contributed by atoms with Crippen LogP contribution in [0, 0.1) is 0 Å². The molecule has 0 bridgehead atoms. The van der Waals surface area contributed by atoms with Crippen LogP contribution < -0.4 is 11.1 Å². The molecular weight excluding hydrogens is 196 g/mol. The monoisotopic (exact) mass is 216 g/mol. The smallest absolute Gasteiger partial charge is 0.236 e. The summed E-state index contributed by atoms with van der Waals surface area (Å²) >= 11 is 1.71. The van der Waals surface area contributed by atoms with E-state index in [0.29, 0.717) is 6.54 Å². The Hall–Kier alpha value is -0.480. The number of hydrogen-bond acceptors (Lipinski definition) is 3. The van der Waals surface area contributed by atoms with Gasteiger partial charge in [-0.25, -0.2) is 0 Å². The maximum Gasteiger partial charge on any atom is 0.236 e. The van der Waals surface area contributed by atoms with Crippen LogP contribution in [0.25, 0.3) is 0 Å². The third-order valence-electron chi connectivity index (χ3n) is 1.82. The van der Waals surface area contributed by atoms with Gasteiger partial charge in [0.05, 0.1) is 6.04 Å². The fourth-order valence-corrected chi connectivity index (χ4v) is 1.44. The molecule has 0 aliphatic rings. The highest BCUT2D eigenvalue weighted by Crippen LogP contribution is 1.98. The van der Waals surface area contributed by atoms with E-state index >= 15 is 0 Å². The largest absolute Gasteiger partial charge is 0.354 e. The Kier molecular flexibility index (Phi) is 8.78. The van der Waals surface area contributed by atoms with Gasteiger partial charge in [0.1, 0.15) is 0 Å². The van der Waals surface area contributed by atoms with Crippen LogP contribution in [0.2, 0.25) is 0 Å². The topological polar surface area (TPSA) is 55.1 Å². The molecule has 82 valence electrons. The van der Waals surface area contributed by atoms with Crippen LogP contribution in [0.1, 0.15) is 19.8 Å². The van der Waals surface area contributed by atoms with Crippen molar-refractivity contribution in [2.24, 2.45) is 5.73 Å². The Morgan fingerprint density at radius 3 is 2.93 bits per heavy atom. The van der Waals surface area contributed by atoms with Gasteiger partial charge in [0.2, 0.25) is 5.91 Å². The first-order valence-corrected chi connectivity index (χ1v) is 6.25. The van der Waals surface area contributed by atoms with E-state index < -0.39 is 0 Å². The Labute approximate surface area is 90.5 Å². The summed E-state index contributed by atoms with van der Waals surface area (Å²) in [5.41, 5.74) is 5.67. The summed E-state index contributed by atoms with van der Waals surface area (Å²) in [5.74, 6) is 0.896. The van der Waals surface area contributed by atoms with E-state index in [0.717, 1.165) is 18.6 Å². The summed E-state index contributed by atoms with van der Waals surface area (Å²) in [6.07, 6.45) is 7.62. The van der Waals surface area contributed by atoms with Gasteiger partial charge in [0, 0.05) is 6.54 Å². The van der Waals surface area contributed by atoms with Gasteiger partial charge in [0.15, 0.2) is 0 Å². The predicted octanol–water partition coefficient (Wildman–Crippen LogP) is 1.15. The molecule has 0 aliphatic carbocycles. The molecule has 0 spiro atoms. The van der Waals surface area contributed by atoms with Crippen molar-refractivity contribution in [3.05, 3.63) is 12.2 Å². The fourth-order valence-electron chi connectivity index (χ4n) is 0.952. The minimum atomic E-state index is -0.354. The zero-order valence-electron chi connectivity index (χ0n) is 8.95. The zero-order valence-corrected chi connectivity index (χ0v) is 9.77. The van der Waals surface area contributed by atoms with Crippen LogP contribution in [-0.2, 0) is 4.79 Å². The van der Waals surface area contributed by atoms with E-state index in [1.807, 2.05) is 25.3 Å². The van der Waals surface area contributed by atoms with Crippen molar-refractivity contribution >= 4 is 17.7 Å². The van der Waals surface area contributed by atoms with Crippen molar-refractivity contribution in [1.82, 2.24) is 5.32 Å². The van der Waals surface area contributed by atoms with Crippen LogP contribution in [0.3, 0.4) is 0 Å². The van der Waals surface area contributed by atoms with Gasteiger partial charge in [-0.15, -0.1) is 0 Å². The SMILES string of the molecule is C/C=C/CCNC(=O)[C@H](N)CCSC. The first kappa shape index (κ1) is 13.5. The lowest BCUT2D eigenvalue weighted by molar-refractivity contribution is -0.122. The van der Waals surface area contributed by atoms with E-state index in [4.69, 9.17) is 5.73 Å². The Bertz CT molecular complexity index is 183. The number of nitrogens with one attached hydrogen (secondary N) is 1. The quantitative estimate of drug-likeness (QED) is 0.496. The van der Waals surface area contributed by atoms with E-state index in [1.54, 1.807) is 11.8 Å². The molecule has 14 heavy (non-hydrogen) atoms. The van der Waals surface area contributed by atoms with Crippen LogP contribution in [0.15, 0.2) is 12.2 Å². The number of amides is 1. The molecule has 0 aliphatic heterocycles. The van der Waals surface area contributed by atoms with Crippen LogP contribution in [-0.4, -0.2) is 30.5 Å². The first-order valence-electron chi connectivity index (χ1n) is 4.85. The standard InChI is InChI=1S/C10H20N2OS/c1-3-4-5-7-12-10(13)9(11)6-8-14-2/h3-4,9H,5-8,11H2,1-2H3,(H,12,13)/b4-3+/t9-/m1/s1. The molecule has 1 amide bonds. The molecule has 1 atom stereocenters. The molecule has 0 aromatic carbocycles. The Balaban J connectivity index is 3.51. The molecule has 0 saturated carbocycles. The highest BCUT2D eigenvalue weighted by atomic mass is 32.2. The van der Waals surface area contributed by atoms with Crippen molar-refractivity contribution in [2.75, 3.05) is 18.6 Å². The summed E-state index contributed by atoms with van der Waals surface area (Å²) in [4.78, 5) is 11.3. The number of allylic oxidation sites excluding steroid dienone is 1. The van der Waals surface area contributed by atoms with Crippen molar-refractivity contribution in [3.8, 4) is 0 Å². The third-order valence-corrected chi connectivity index (χ3v) is 2.46. The highest BCUT2D eigenvalue weighted by Gasteiger charge is 2.10. The zero-order chi connectivity index (χ0) is 10.8. The predicted molar refractivity (Wildman–Crippen MR) is 63.4 cm³/mol. The molecule has 0 heterocycles. The first-order chi connectivity index (χ1) is 6.72. The van der Waals surface area contributed by atoms with Crippen LogP contribution >= 0.6 is 11.8 Å². The van der Waals surface area contributed by atoms with Gasteiger partial charge in [-0.1, -0.05) is 12.2 Å². The second kappa shape index (κ2) is 9.09. The van der Waals surface area contributed by atoms with Gasteiger partial charge in [-0.05, 0) is 31.8 Å². The minimum absolute atomic E-state index is 0.0384. The molecule has 3 N–H and O–H groups in total. The molecule has 0 aromatic rings. The fraction of sp³-hybridized carbons (Fsp3) is 0.700. The van der Waals surface area contributed by atoms with Gasteiger partial charge in [0.25, 0.3) is 0 Å². The lowest BCUT2D eigenvalue weighted by atomic mass is 10.2. The van der Waals surface area contributed by atoms with E-state index in [-0.39, 0.29) is 11.9 Å². The Morgan fingerprint density at radius 2 is 2.36 bits per heavy atom. The van der Waals surface area contributed by atoms with E-state index in [9.17, 15) is 4.79 Å². The molecule has 0 saturated heterocycles. The van der Waals surface area contributed by atoms with E-state index in [1.165, 1.54) is 0 Å². The second-order valence-corrected chi connectivity index (χ2v) is 4.02. The summed E-state index contributed by atoms with van der Waals surface area (Å²) in [5, 5.41) is 2.80. The average Bonchev–Trinajstić information content (AvgIpc) is 2.20. The molecule has 0 radical (unpaired) electrons. The van der Waals surface area contributed by atoms with Crippen molar-refractivity contribution in [1.29, 1.82) is 0 Å². The maximum absolute atomic E-state index is 11.3. The van der Waals surface area contributed by atoms with Crippen molar-refractivity contribution in [3.63, 3.8) is 0 Å². The third kappa shape index (κ3) is 6.97. The summed E-state index contributed by atoms with van der Waals surface area (Å²) in [7, 11) is 0. The molecule has 3 nitrogen and oxygen atoms in total. The summed E-state index contributed by atoms with van der Waals surface area (Å²) in [6, 6.07) is -0.354.